The third-order valence-corrected chi connectivity index (χ3v) is 4.10. The van der Waals surface area contributed by atoms with Gasteiger partial charge in [0, 0.05) is 6.54 Å². The van der Waals surface area contributed by atoms with Gasteiger partial charge in [0.25, 0.3) is 6.47 Å². The highest BCUT2D eigenvalue weighted by atomic mass is 16.3. The summed E-state index contributed by atoms with van der Waals surface area (Å²) in [6.07, 6.45) is 6.23. The van der Waals surface area contributed by atoms with Crippen molar-refractivity contribution in [2.75, 3.05) is 6.54 Å². The first kappa shape index (κ1) is 24.9. The molecule has 0 aromatic heterocycles. The van der Waals surface area contributed by atoms with Gasteiger partial charge in [0.2, 0.25) is 0 Å². The highest BCUT2D eigenvalue weighted by Gasteiger charge is 1.99. The zero-order chi connectivity index (χ0) is 20.3. The minimum atomic E-state index is -0.250. The molecule has 2 N–H and O–H groups in total. The van der Waals surface area contributed by atoms with Gasteiger partial charge in [-0.2, -0.15) is 0 Å². The number of carbonyl (C=O) groups is 1. The van der Waals surface area contributed by atoms with Crippen LogP contribution in [0.1, 0.15) is 64.5 Å². The normalized spacial score (nSPS) is 9.48. The highest BCUT2D eigenvalue weighted by molar-refractivity contribution is 5.63. The Hall–Kier alpha value is -2.13. The summed E-state index contributed by atoms with van der Waals surface area (Å²) >= 11 is 0. The Kier molecular flexibility index (Phi) is 15.9. The lowest BCUT2D eigenvalue weighted by Crippen LogP contribution is -2.14. The van der Waals surface area contributed by atoms with Crippen molar-refractivity contribution in [2.45, 2.75) is 66.3 Å². The fourth-order valence-electron chi connectivity index (χ4n) is 2.59. The summed E-state index contributed by atoms with van der Waals surface area (Å²) in [5.41, 5.74) is 5.42. The molecule has 0 heterocycles. The molecule has 0 aliphatic carbocycles. The minimum absolute atomic E-state index is 0.250. The molecule has 0 radical (unpaired) electrons. The Labute approximate surface area is 165 Å². The van der Waals surface area contributed by atoms with Crippen molar-refractivity contribution in [3.63, 3.8) is 0 Å². The molecule has 0 atom stereocenters. The van der Waals surface area contributed by atoms with E-state index in [9.17, 15) is 0 Å². The van der Waals surface area contributed by atoms with Crippen LogP contribution in [0.4, 0.5) is 0 Å². The average Bonchev–Trinajstić information content (AvgIpc) is 2.73. The summed E-state index contributed by atoms with van der Waals surface area (Å²) in [4.78, 5) is 8.36. The molecule has 0 saturated heterocycles. The summed E-state index contributed by atoms with van der Waals surface area (Å²) < 4.78 is 0. The molecular formula is C24H37NO2. The van der Waals surface area contributed by atoms with Gasteiger partial charge >= 0.3 is 0 Å². The van der Waals surface area contributed by atoms with Crippen molar-refractivity contribution in [3.8, 4) is 11.1 Å². The summed E-state index contributed by atoms with van der Waals surface area (Å²) in [5, 5.41) is 10.4. The SMILES string of the molecule is CC.CCCCNCc1ccc(-c2ccc(CCCC)cc2)cc1.O=CO. The van der Waals surface area contributed by atoms with Crippen molar-refractivity contribution in [2.24, 2.45) is 0 Å². The van der Waals surface area contributed by atoms with Crippen LogP contribution in [0.2, 0.25) is 0 Å². The second kappa shape index (κ2) is 17.3. The topological polar surface area (TPSA) is 49.3 Å². The van der Waals surface area contributed by atoms with E-state index < -0.39 is 0 Å². The lowest BCUT2D eigenvalue weighted by atomic mass is 10.0. The van der Waals surface area contributed by atoms with Crippen molar-refractivity contribution in [1.82, 2.24) is 5.32 Å². The predicted molar refractivity (Wildman–Crippen MR) is 117 cm³/mol. The van der Waals surface area contributed by atoms with E-state index in [4.69, 9.17) is 9.90 Å². The smallest absolute Gasteiger partial charge is 0.290 e. The average molecular weight is 372 g/mol. The molecule has 0 amide bonds. The standard InChI is InChI=1S/C21H29N.C2H6.CH2O2/c1-3-5-7-18-8-12-20(13-9-18)21-14-10-19(11-15-21)17-22-16-6-4-2;1-2;2-1-3/h8-15,22H,3-7,16-17H2,1-2H3;1-2H3;1H,(H,2,3). The van der Waals surface area contributed by atoms with Gasteiger partial charge in [-0.3, -0.25) is 4.79 Å². The molecule has 2 rings (SSSR count). The van der Waals surface area contributed by atoms with Gasteiger partial charge in [-0.05, 0) is 48.1 Å². The molecule has 2 aromatic rings. The van der Waals surface area contributed by atoms with Crippen molar-refractivity contribution in [3.05, 3.63) is 59.7 Å². The molecule has 0 spiro atoms. The summed E-state index contributed by atoms with van der Waals surface area (Å²) in [6, 6.07) is 18.0. The van der Waals surface area contributed by atoms with Crippen molar-refractivity contribution in [1.29, 1.82) is 0 Å². The molecule has 0 fully saturated rings. The van der Waals surface area contributed by atoms with E-state index >= 15 is 0 Å². The second-order valence-corrected chi connectivity index (χ2v) is 6.13. The largest absolute Gasteiger partial charge is 0.483 e. The van der Waals surface area contributed by atoms with Gasteiger partial charge in [-0.1, -0.05) is 89.1 Å². The van der Waals surface area contributed by atoms with Crippen LogP contribution in [0.25, 0.3) is 11.1 Å². The van der Waals surface area contributed by atoms with Crippen LogP contribution < -0.4 is 5.32 Å². The Bertz CT molecular complexity index is 576. The first-order valence-corrected chi connectivity index (χ1v) is 10.2. The van der Waals surface area contributed by atoms with E-state index in [2.05, 4.69) is 67.7 Å². The number of unbranched alkanes of at least 4 members (excludes halogenated alkanes) is 2. The number of hydrogen-bond acceptors (Lipinski definition) is 2. The molecule has 3 heteroatoms. The van der Waals surface area contributed by atoms with E-state index in [1.807, 2.05) is 13.8 Å². The summed E-state index contributed by atoms with van der Waals surface area (Å²) in [6.45, 7) is 10.3. The molecule has 2 aromatic carbocycles. The molecule has 0 aliphatic rings. The van der Waals surface area contributed by atoms with E-state index in [0.717, 1.165) is 13.1 Å². The van der Waals surface area contributed by atoms with Gasteiger partial charge in [0.05, 0.1) is 0 Å². The van der Waals surface area contributed by atoms with Gasteiger partial charge in [0.15, 0.2) is 0 Å². The Balaban J connectivity index is 0.00000123. The van der Waals surface area contributed by atoms with Crippen LogP contribution in [-0.4, -0.2) is 18.1 Å². The van der Waals surface area contributed by atoms with E-state index in [1.54, 1.807) is 0 Å². The Morgan fingerprint density at radius 1 is 0.815 bits per heavy atom. The zero-order valence-electron chi connectivity index (χ0n) is 17.5. The number of rotatable bonds is 9. The van der Waals surface area contributed by atoms with Crippen molar-refractivity contribution < 1.29 is 9.90 Å². The van der Waals surface area contributed by atoms with Crippen LogP contribution in [0.3, 0.4) is 0 Å². The number of aryl methyl sites for hydroxylation is 1. The molecule has 27 heavy (non-hydrogen) atoms. The van der Waals surface area contributed by atoms with Gasteiger partial charge < -0.3 is 10.4 Å². The first-order chi connectivity index (χ1) is 13.2. The van der Waals surface area contributed by atoms with Gasteiger partial charge in [-0.15, -0.1) is 0 Å². The van der Waals surface area contributed by atoms with E-state index in [-0.39, 0.29) is 6.47 Å². The van der Waals surface area contributed by atoms with Crippen molar-refractivity contribution >= 4 is 6.47 Å². The molecule has 3 nitrogen and oxygen atoms in total. The molecular weight excluding hydrogens is 334 g/mol. The number of nitrogens with one attached hydrogen (secondary N) is 1. The number of benzene rings is 2. The maximum Gasteiger partial charge on any atom is 0.290 e. The molecule has 0 bridgehead atoms. The van der Waals surface area contributed by atoms with Gasteiger partial charge in [0.1, 0.15) is 0 Å². The van der Waals surface area contributed by atoms with Crippen LogP contribution in [0.15, 0.2) is 48.5 Å². The summed E-state index contributed by atoms with van der Waals surface area (Å²) in [7, 11) is 0. The third kappa shape index (κ3) is 11.2. The van der Waals surface area contributed by atoms with E-state index in [0.29, 0.717) is 0 Å². The van der Waals surface area contributed by atoms with E-state index in [1.165, 1.54) is 54.4 Å². The Morgan fingerprint density at radius 2 is 1.26 bits per heavy atom. The molecule has 150 valence electrons. The fourth-order valence-corrected chi connectivity index (χ4v) is 2.59. The van der Waals surface area contributed by atoms with Gasteiger partial charge in [-0.25, -0.2) is 0 Å². The quantitative estimate of drug-likeness (QED) is 0.401. The van der Waals surface area contributed by atoms with Crippen LogP contribution in [0.5, 0.6) is 0 Å². The second-order valence-electron chi connectivity index (χ2n) is 6.13. The number of hydrogen-bond donors (Lipinski definition) is 2. The first-order valence-electron chi connectivity index (χ1n) is 10.2. The minimum Gasteiger partial charge on any atom is -0.483 e. The molecule has 0 unspecified atom stereocenters. The summed E-state index contributed by atoms with van der Waals surface area (Å²) in [5.74, 6) is 0. The predicted octanol–water partition coefficient (Wildman–Crippen LogP) is 6.31. The third-order valence-electron chi connectivity index (χ3n) is 4.10. The lowest BCUT2D eigenvalue weighted by molar-refractivity contribution is -0.122. The highest BCUT2D eigenvalue weighted by Crippen LogP contribution is 2.21. The monoisotopic (exact) mass is 371 g/mol. The van der Waals surface area contributed by atoms with Crippen LogP contribution >= 0.6 is 0 Å². The number of carboxylic acid groups (broad SMARTS) is 1. The molecule has 0 aliphatic heterocycles. The zero-order valence-corrected chi connectivity index (χ0v) is 17.5. The fraction of sp³-hybridized carbons (Fsp3) is 0.458. The van der Waals surface area contributed by atoms with Crippen LogP contribution in [-0.2, 0) is 17.8 Å². The molecule has 0 saturated carbocycles. The Morgan fingerprint density at radius 3 is 1.70 bits per heavy atom. The maximum atomic E-state index is 8.36. The lowest BCUT2D eigenvalue weighted by Gasteiger charge is -2.07. The maximum absolute atomic E-state index is 8.36. The van der Waals surface area contributed by atoms with Crippen LogP contribution in [0, 0.1) is 0 Å².